The minimum Gasteiger partial charge on any atom is -0.340 e. The van der Waals surface area contributed by atoms with Crippen molar-refractivity contribution in [3.8, 4) is 0 Å². The molecule has 1 atom stereocenters. The summed E-state index contributed by atoms with van der Waals surface area (Å²) in [6.45, 7) is 5.34. The fourth-order valence-electron chi connectivity index (χ4n) is 2.27. The molecule has 2 heteroatoms. The first kappa shape index (κ1) is 11.5. The van der Waals surface area contributed by atoms with E-state index in [1.165, 1.54) is 25.7 Å². The first-order valence-corrected chi connectivity index (χ1v) is 6.09. The predicted molar refractivity (Wildman–Crippen MR) is 59.2 cm³/mol. The van der Waals surface area contributed by atoms with Crippen LogP contribution in [0.4, 0.5) is 0 Å². The maximum atomic E-state index is 11.5. The Hall–Kier alpha value is -0.530. The standard InChI is InChI=1S/C12H23NO/c1-3-5-6-7-11-8-9-12(14)13(11)10-4-2/h11H,3-10H2,1-2H3. The Morgan fingerprint density at radius 1 is 1.29 bits per heavy atom. The van der Waals surface area contributed by atoms with Crippen molar-refractivity contribution in [1.82, 2.24) is 4.90 Å². The number of unbranched alkanes of at least 4 members (excludes halogenated alkanes) is 2. The number of carbonyl (C=O) groups excluding carboxylic acids is 1. The number of hydrogen-bond acceptors (Lipinski definition) is 1. The molecule has 1 rings (SSSR count). The molecule has 1 fully saturated rings. The van der Waals surface area contributed by atoms with Gasteiger partial charge in [0.05, 0.1) is 0 Å². The third-order valence-electron chi connectivity index (χ3n) is 3.06. The van der Waals surface area contributed by atoms with Crippen molar-refractivity contribution in [1.29, 1.82) is 0 Å². The van der Waals surface area contributed by atoms with Gasteiger partial charge in [-0.2, -0.15) is 0 Å². The van der Waals surface area contributed by atoms with E-state index >= 15 is 0 Å². The molecule has 0 spiro atoms. The van der Waals surface area contributed by atoms with E-state index in [9.17, 15) is 4.79 Å². The summed E-state index contributed by atoms with van der Waals surface area (Å²) in [5.74, 6) is 0.383. The Morgan fingerprint density at radius 3 is 2.71 bits per heavy atom. The zero-order valence-electron chi connectivity index (χ0n) is 9.59. The Morgan fingerprint density at radius 2 is 2.07 bits per heavy atom. The number of hydrogen-bond donors (Lipinski definition) is 0. The summed E-state index contributed by atoms with van der Waals surface area (Å²) >= 11 is 0. The van der Waals surface area contributed by atoms with E-state index in [1.54, 1.807) is 0 Å². The fourth-order valence-corrected chi connectivity index (χ4v) is 2.27. The molecule has 1 aliphatic rings. The molecule has 1 heterocycles. The molecule has 1 amide bonds. The van der Waals surface area contributed by atoms with E-state index in [-0.39, 0.29) is 0 Å². The van der Waals surface area contributed by atoms with Crippen LogP contribution in [0.25, 0.3) is 0 Å². The summed E-state index contributed by atoms with van der Waals surface area (Å²) in [5.41, 5.74) is 0. The minimum atomic E-state index is 0.383. The van der Waals surface area contributed by atoms with Gasteiger partial charge in [0.25, 0.3) is 0 Å². The van der Waals surface area contributed by atoms with Gasteiger partial charge in [-0.1, -0.05) is 33.1 Å². The SMILES string of the molecule is CCCCCC1CCC(=O)N1CCC. The highest BCUT2D eigenvalue weighted by atomic mass is 16.2. The van der Waals surface area contributed by atoms with Crippen LogP contribution in [0.5, 0.6) is 0 Å². The Bertz CT molecular complexity index is 179. The molecule has 0 aromatic heterocycles. The van der Waals surface area contributed by atoms with Crippen molar-refractivity contribution in [3.05, 3.63) is 0 Å². The lowest BCUT2D eigenvalue weighted by Crippen LogP contribution is -2.33. The molecule has 82 valence electrons. The lowest BCUT2D eigenvalue weighted by molar-refractivity contribution is -0.129. The smallest absolute Gasteiger partial charge is 0.222 e. The van der Waals surface area contributed by atoms with Crippen LogP contribution in [0.2, 0.25) is 0 Å². The number of amides is 1. The summed E-state index contributed by atoms with van der Waals surface area (Å²) in [4.78, 5) is 13.6. The summed E-state index contributed by atoms with van der Waals surface area (Å²) in [6, 6.07) is 0.564. The summed E-state index contributed by atoms with van der Waals surface area (Å²) < 4.78 is 0. The van der Waals surface area contributed by atoms with E-state index in [4.69, 9.17) is 0 Å². The predicted octanol–water partition coefficient (Wildman–Crippen LogP) is 2.97. The van der Waals surface area contributed by atoms with Crippen LogP contribution in [0.1, 0.15) is 58.8 Å². The lowest BCUT2D eigenvalue weighted by Gasteiger charge is -2.24. The first-order chi connectivity index (χ1) is 6.79. The molecule has 1 saturated heterocycles. The van der Waals surface area contributed by atoms with E-state index in [1.807, 2.05) is 0 Å². The fraction of sp³-hybridized carbons (Fsp3) is 0.917. The van der Waals surface area contributed by atoms with Crippen LogP contribution in [0.15, 0.2) is 0 Å². The maximum absolute atomic E-state index is 11.5. The molecular weight excluding hydrogens is 174 g/mol. The second-order valence-electron chi connectivity index (χ2n) is 4.28. The Labute approximate surface area is 87.7 Å². The normalized spacial score (nSPS) is 22.0. The van der Waals surface area contributed by atoms with Gasteiger partial charge in [-0.25, -0.2) is 0 Å². The van der Waals surface area contributed by atoms with Gasteiger partial charge in [0.2, 0.25) is 5.91 Å². The largest absolute Gasteiger partial charge is 0.340 e. The third-order valence-corrected chi connectivity index (χ3v) is 3.06. The molecule has 1 unspecified atom stereocenters. The van der Waals surface area contributed by atoms with E-state index < -0.39 is 0 Å². The van der Waals surface area contributed by atoms with Crippen LogP contribution in [0, 0.1) is 0 Å². The number of likely N-dealkylation sites (tertiary alicyclic amines) is 1. The highest BCUT2D eigenvalue weighted by Crippen LogP contribution is 2.23. The monoisotopic (exact) mass is 197 g/mol. The third kappa shape index (κ3) is 3.00. The van der Waals surface area contributed by atoms with Crippen molar-refractivity contribution in [2.45, 2.75) is 64.8 Å². The molecule has 0 aromatic carbocycles. The van der Waals surface area contributed by atoms with Gasteiger partial charge in [0.1, 0.15) is 0 Å². The summed E-state index contributed by atoms with van der Waals surface area (Å²) in [7, 11) is 0. The van der Waals surface area contributed by atoms with E-state index in [0.29, 0.717) is 11.9 Å². The highest BCUT2D eigenvalue weighted by molar-refractivity contribution is 5.78. The number of carbonyl (C=O) groups is 1. The molecule has 2 nitrogen and oxygen atoms in total. The summed E-state index contributed by atoms with van der Waals surface area (Å²) in [5, 5.41) is 0. The summed E-state index contributed by atoms with van der Waals surface area (Å²) in [6.07, 6.45) is 8.07. The number of rotatable bonds is 6. The van der Waals surface area contributed by atoms with E-state index in [2.05, 4.69) is 18.7 Å². The average Bonchev–Trinajstić information content (AvgIpc) is 2.51. The van der Waals surface area contributed by atoms with Gasteiger partial charge in [0.15, 0.2) is 0 Å². The second-order valence-corrected chi connectivity index (χ2v) is 4.28. The van der Waals surface area contributed by atoms with Crippen molar-refractivity contribution < 1.29 is 4.79 Å². The van der Waals surface area contributed by atoms with Crippen LogP contribution >= 0.6 is 0 Å². The van der Waals surface area contributed by atoms with Gasteiger partial charge in [-0.05, 0) is 19.3 Å². The molecule has 0 aromatic rings. The zero-order chi connectivity index (χ0) is 10.4. The first-order valence-electron chi connectivity index (χ1n) is 6.09. The molecular formula is C12H23NO. The topological polar surface area (TPSA) is 20.3 Å². The van der Waals surface area contributed by atoms with E-state index in [0.717, 1.165) is 25.8 Å². The number of nitrogens with zero attached hydrogens (tertiary/aromatic N) is 1. The molecule has 0 aliphatic carbocycles. The molecule has 14 heavy (non-hydrogen) atoms. The second kappa shape index (κ2) is 6.05. The van der Waals surface area contributed by atoms with Gasteiger partial charge in [0, 0.05) is 19.0 Å². The molecule has 0 saturated carbocycles. The maximum Gasteiger partial charge on any atom is 0.222 e. The van der Waals surface area contributed by atoms with Gasteiger partial charge >= 0.3 is 0 Å². The van der Waals surface area contributed by atoms with Crippen molar-refractivity contribution in [2.24, 2.45) is 0 Å². The van der Waals surface area contributed by atoms with Crippen molar-refractivity contribution in [2.75, 3.05) is 6.54 Å². The van der Waals surface area contributed by atoms with Gasteiger partial charge < -0.3 is 4.90 Å². The van der Waals surface area contributed by atoms with Gasteiger partial charge in [-0.3, -0.25) is 4.79 Å². The van der Waals surface area contributed by atoms with Crippen LogP contribution in [-0.4, -0.2) is 23.4 Å². The zero-order valence-corrected chi connectivity index (χ0v) is 9.59. The molecule has 0 radical (unpaired) electrons. The van der Waals surface area contributed by atoms with Crippen molar-refractivity contribution >= 4 is 5.91 Å². The Kier molecular flexibility index (Phi) is 4.99. The van der Waals surface area contributed by atoms with Gasteiger partial charge in [-0.15, -0.1) is 0 Å². The van der Waals surface area contributed by atoms with Crippen LogP contribution < -0.4 is 0 Å². The molecule has 1 aliphatic heterocycles. The van der Waals surface area contributed by atoms with Crippen LogP contribution in [-0.2, 0) is 4.79 Å². The molecule has 0 bridgehead atoms. The average molecular weight is 197 g/mol. The minimum absolute atomic E-state index is 0.383. The Balaban J connectivity index is 2.31. The quantitative estimate of drug-likeness (QED) is 0.599. The van der Waals surface area contributed by atoms with Crippen molar-refractivity contribution in [3.63, 3.8) is 0 Å². The lowest BCUT2D eigenvalue weighted by atomic mass is 10.1. The molecule has 0 N–H and O–H groups in total. The highest BCUT2D eigenvalue weighted by Gasteiger charge is 2.29. The van der Waals surface area contributed by atoms with Crippen LogP contribution in [0.3, 0.4) is 0 Å².